The summed E-state index contributed by atoms with van der Waals surface area (Å²) in [5.41, 5.74) is 1.87. The number of anilines is 1. The van der Waals surface area contributed by atoms with Gasteiger partial charge in [0.1, 0.15) is 5.75 Å². The lowest BCUT2D eigenvalue weighted by molar-refractivity contribution is 0.0992. The molecule has 0 bridgehead atoms. The van der Waals surface area contributed by atoms with E-state index in [1.165, 1.54) is 4.90 Å². The Bertz CT molecular complexity index is 564. The minimum Gasteiger partial charge on any atom is -0.505 e. The third-order valence-corrected chi connectivity index (χ3v) is 2.90. The van der Waals surface area contributed by atoms with E-state index >= 15 is 0 Å². The molecule has 0 heterocycles. The van der Waals surface area contributed by atoms with Crippen molar-refractivity contribution in [2.24, 2.45) is 0 Å². The minimum absolute atomic E-state index is 0.142. The molecule has 0 aromatic heterocycles. The van der Waals surface area contributed by atoms with Crippen molar-refractivity contribution in [2.45, 2.75) is 6.92 Å². The topological polar surface area (TPSA) is 40.5 Å². The lowest BCUT2D eigenvalue weighted by atomic mass is 10.1. The second-order valence-electron chi connectivity index (χ2n) is 4.17. The van der Waals surface area contributed by atoms with Crippen molar-refractivity contribution in [3.63, 3.8) is 0 Å². The lowest BCUT2D eigenvalue weighted by Crippen LogP contribution is -2.26. The maximum Gasteiger partial charge on any atom is 0.258 e. The van der Waals surface area contributed by atoms with Crippen LogP contribution in [0.25, 0.3) is 0 Å². The van der Waals surface area contributed by atoms with E-state index in [0.717, 1.165) is 5.56 Å². The molecule has 2 aromatic carbocycles. The quantitative estimate of drug-likeness (QED) is 0.878. The molecule has 0 saturated carbocycles. The van der Waals surface area contributed by atoms with Gasteiger partial charge in [-0.3, -0.25) is 4.79 Å². The number of amides is 1. The van der Waals surface area contributed by atoms with E-state index in [1.54, 1.807) is 38.2 Å². The molecule has 1 N–H and O–H groups in total. The van der Waals surface area contributed by atoms with Crippen LogP contribution in [0.3, 0.4) is 0 Å². The molecule has 3 nitrogen and oxygen atoms in total. The molecule has 92 valence electrons. The summed E-state index contributed by atoms with van der Waals surface area (Å²) in [5, 5.41) is 9.97. The first-order valence-corrected chi connectivity index (χ1v) is 5.73. The van der Waals surface area contributed by atoms with Gasteiger partial charge in [0, 0.05) is 12.6 Å². The van der Waals surface area contributed by atoms with Crippen molar-refractivity contribution in [3.05, 3.63) is 59.7 Å². The average Bonchev–Trinajstić information content (AvgIpc) is 2.41. The number of phenols is 1. The number of benzene rings is 2. The fourth-order valence-corrected chi connectivity index (χ4v) is 1.80. The Morgan fingerprint density at radius 2 is 1.72 bits per heavy atom. The van der Waals surface area contributed by atoms with Gasteiger partial charge in [0.25, 0.3) is 5.91 Å². The van der Waals surface area contributed by atoms with Gasteiger partial charge in [0.2, 0.25) is 0 Å². The first-order chi connectivity index (χ1) is 8.61. The summed E-state index contributed by atoms with van der Waals surface area (Å²) in [5.74, 6) is 0.000723. The zero-order valence-electron chi connectivity index (χ0n) is 10.4. The fourth-order valence-electron chi connectivity index (χ4n) is 1.80. The van der Waals surface area contributed by atoms with E-state index < -0.39 is 0 Å². The summed E-state index contributed by atoms with van der Waals surface area (Å²) in [6.45, 7) is 1.81. The van der Waals surface area contributed by atoms with Crippen LogP contribution in [0, 0.1) is 6.92 Å². The fraction of sp³-hybridized carbons (Fsp3) is 0.133. The number of carbonyl (C=O) groups excluding carboxylic acids is 1. The molecule has 1 amide bonds. The number of para-hydroxylation sites is 1. The predicted molar refractivity (Wildman–Crippen MR) is 72.0 cm³/mol. The van der Waals surface area contributed by atoms with Crippen molar-refractivity contribution in [2.75, 3.05) is 11.9 Å². The van der Waals surface area contributed by atoms with Gasteiger partial charge in [0.05, 0.1) is 5.69 Å². The second-order valence-corrected chi connectivity index (χ2v) is 4.17. The van der Waals surface area contributed by atoms with Crippen LogP contribution in [0.4, 0.5) is 5.69 Å². The zero-order valence-corrected chi connectivity index (χ0v) is 10.4. The van der Waals surface area contributed by atoms with Crippen LogP contribution < -0.4 is 4.90 Å². The molecule has 0 aliphatic carbocycles. The number of phenolic OH excluding ortho intramolecular Hbond substituents is 1. The molecule has 0 unspecified atom stereocenters. The number of nitrogens with zero attached hydrogens (tertiary/aromatic N) is 1. The second kappa shape index (κ2) is 4.92. The number of hydrogen-bond acceptors (Lipinski definition) is 2. The third kappa shape index (κ3) is 2.20. The standard InChI is InChI=1S/C15H15NO2/c1-11-7-6-10-13(14(11)17)16(2)15(18)12-8-4-3-5-9-12/h3-10,17H,1-2H3. The molecule has 2 rings (SSSR count). The molecular formula is C15H15NO2. The molecule has 0 spiro atoms. The van der Waals surface area contributed by atoms with Crippen LogP contribution in [0.1, 0.15) is 15.9 Å². The van der Waals surface area contributed by atoms with Gasteiger partial charge in [-0.25, -0.2) is 0 Å². The normalized spacial score (nSPS) is 10.1. The van der Waals surface area contributed by atoms with E-state index in [1.807, 2.05) is 24.3 Å². The van der Waals surface area contributed by atoms with Gasteiger partial charge in [-0.05, 0) is 30.7 Å². The minimum atomic E-state index is -0.142. The van der Waals surface area contributed by atoms with Crippen molar-refractivity contribution < 1.29 is 9.90 Å². The maximum atomic E-state index is 12.2. The van der Waals surface area contributed by atoms with Crippen molar-refractivity contribution in [1.29, 1.82) is 0 Å². The van der Waals surface area contributed by atoms with Crippen LogP contribution >= 0.6 is 0 Å². The first kappa shape index (κ1) is 12.2. The molecule has 18 heavy (non-hydrogen) atoms. The molecule has 2 aromatic rings. The molecule has 0 saturated heterocycles. The summed E-state index contributed by atoms with van der Waals surface area (Å²) in [7, 11) is 1.66. The summed E-state index contributed by atoms with van der Waals surface area (Å²) in [4.78, 5) is 13.7. The SMILES string of the molecule is Cc1cccc(N(C)C(=O)c2ccccc2)c1O. The molecule has 0 atom stereocenters. The number of rotatable bonds is 2. The average molecular weight is 241 g/mol. The van der Waals surface area contributed by atoms with Gasteiger partial charge in [-0.1, -0.05) is 30.3 Å². The summed E-state index contributed by atoms with van der Waals surface area (Å²) < 4.78 is 0. The highest BCUT2D eigenvalue weighted by Gasteiger charge is 2.16. The highest BCUT2D eigenvalue weighted by atomic mass is 16.3. The number of carbonyl (C=O) groups is 1. The molecule has 0 radical (unpaired) electrons. The van der Waals surface area contributed by atoms with Gasteiger partial charge in [-0.2, -0.15) is 0 Å². The van der Waals surface area contributed by atoms with Crippen LogP contribution in [-0.2, 0) is 0 Å². The van der Waals surface area contributed by atoms with Crippen LogP contribution in [-0.4, -0.2) is 18.1 Å². The highest BCUT2D eigenvalue weighted by molar-refractivity contribution is 6.06. The van der Waals surface area contributed by atoms with Gasteiger partial charge in [-0.15, -0.1) is 0 Å². The lowest BCUT2D eigenvalue weighted by Gasteiger charge is -2.19. The smallest absolute Gasteiger partial charge is 0.258 e. The van der Waals surface area contributed by atoms with Gasteiger partial charge < -0.3 is 10.0 Å². The summed E-state index contributed by atoms with van der Waals surface area (Å²) in [6.07, 6.45) is 0. The van der Waals surface area contributed by atoms with E-state index in [2.05, 4.69) is 0 Å². The first-order valence-electron chi connectivity index (χ1n) is 5.73. The summed E-state index contributed by atoms with van der Waals surface area (Å²) >= 11 is 0. The highest BCUT2D eigenvalue weighted by Crippen LogP contribution is 2.30. The number of aryl methyl sites for hydroxylation is 1. The number of aromatic hydroxyl groups is 1. The van der Waals surface area contributed by atoms with Crippen molar-refractivity contribution >= 4 is 11.6 Å². The molecule has 3 heteroatoms. The van der Waals surface area contributed by atoms with Crippen LogP contribution in [0.5, 0.6) is 5.75 Å². The summed E-state index contributed by atoms with van der Waals surface area (Å²) in [6, 6.07) is 14.4. The van der Waals surface area contributed by atoms with E-state index in [9.17, 15) is 9.90 Å². The number of hydrogen-bond donors (Lipinski definition) is 1. The van der Waals surface area contributed by atoms with E-state index in [0.29, 0.717) is 11.3 Å². The Balaban J connectivity index is 2.35. The molecule has 0 aliphatic heterocycles. The Morgan fingerprint density at radius 1 is 1.06 bits per heavy atom. The molecular weight excluding hydrogens is 226 g/mol. The van der Waals surface area contributed by atoms with E-state index in [4.69, 9.17) is 0 Å². The zero-order chi connectivity index (χ0) is 13.1. The maximum absolute atomic E-state index is 12.2. The Kier molecular flexibility index (Phi) is 3.33. The molecule has 0 fully saturated rings. The van der Waals surface area contributed by atoms with Crippen LogP contribution in [0.15, 0.2) is 48.5 Å². The van der Waals surface area contributed by atoms with Crippen LogP contribution in [0.2, 0.25) is 0 Å². The van der Waals surface area contributed by atoms with Crippen molar-refractivity contribution in [1.82, 2.24) is 0 Å². The van der Waals surface area contributed by atoms with Gasteiger partial charge >= 0.3 is 0 Å². The largest absolute Gasteiger partial charge is 0.505 e. The Hall–Kier alpha value is -2.29. The predicted octanol–water partition coefficient (Wildman–Crippen LogP) is 2.98. The molecule has 0 aliphatic rings. The van der Waals surface area contributed by atoms with Crippen molar-refractivity contribution in [3.8, 4) is 5.75 Å². The van der Waals surface area contributed by atoms with E-state index in [-0.39, 0.29) is 11.7 Å². The third-order valence-electron chi connectivity index (χ3n) is 2.90. The monoisotopic (exact) mass is 241 g/mol. The Morgan fingerprint density at radius 3 is 2.39 bits per heavy atom. The van der Waals surface area contributed by atoms with Gasteiger partial charge in [0.15, 0.2) is 0 Å². The Labute approximate surface area is 106 Å².